The second-order valence-corrected chi connectivity index (χ2v) is 7.65. The maximum atomic E-state index is 12.8. The summed E-state index contributed by atoms with van der Waals surface area (Å²) in [6.45, 7) is 1.50. The molecule has 0 spiro atoms. The van der Waals surface area contributed by atoms with E-state index in [9.17, 15) is 23.1 Å². The summed E-state index contributed by atoms with van der Waals surface area (Å²) in [5.74, 6) is 0.0282. The average molecular weight is 458 g/mol. The van der Waals surface area contributed by atoms with Crippen LogP contribution in [0.2, 0.25) is 0 Å². The number of aliphatic hydroxyl groups excluding tert-OH is 1. The Morgan fingerprint density at radius 3 is 2.64 bits per heavy atom. The highest BCUT2D eigenvalue weighted by Gasteiger charge is 2.31. The maximum absolute atomic E-state index is 12.8. The van der Waals surface area contributed by atoms with Gasteiger partial charge in [0, 0.05) is 61.0 Å². The van der Waals surface area contributed by atoms with Gasteiger partial charge in [-0.05, 0) is 42.8 Å². The molecule has 7 nitrogen and oxygen atoms in total. The number of aromatic nitrogens is 2. The van der Waals surface area contributed by atoms with Crippen LogP contribution >= 0.6 is 0 Å². The van der Waals surface area contributed by atoms with Crippen LogP contribution in [0.15, 0.2) is 61.1 Å². The van der Waals surface area contributed by atoms with Crippen molar-refractivity contribution in [2.45, 2.75) is 12.8 Å². The zero-order valence-electron chi connectivity index (χ0n) is 17.4. The fourth-order valence-electron chi connectivity index (χ4n) is 3.69. The lowest BCUT2D eigenvalue weighted by molar-refractivity contribution is -0.274. The first kappa shape index (κ1) is 22.5. The molecule has 0 aliphatic carbocycles. The van der Waals surface area contributed by atoms with Gasteiger partial charge in [-0.3, -0.25) is 9.78 Å². The Bertz CT molecular complexity index is 1110. The number of alkyl halides is 3. The van der Waals surface area contributed by atoms with E-state index in [-0.39, 0.29) is 23.8 Å². The number of nitrogens with one attached hydrogen (secondary N) is 1. The minimum absolute atomic E-state index is 0.103. The van der Waals surface area contributed by atoms with E-state index in [0.29, 0.717) is 18.1 Å². The topological polar surface area (TPSA) is 87.6 Å². The van der Waals surface area contributed by atoms with Crippen molar-refractivity contribution in [3.8, 4) is 16.9 Å². The molecule has 1 aliphatic rings. The van der Waals surface area contributed by atoms with E-state index in [1.807, 2.05) is 6.07 Å². The second kappa shape index (κ2) is 9.45. The molecule has 1 aromatic carbocycles. The molecular weight excluding hydrogens is 437 g/mol. The summed E-state index contributed by atoms with van der Waals surface area (Å²) in [4.78, 5) is 23.6. The van der Waals surface area contributed by atoms with Gasteiger partial charge >= 0.3 is 6.36 Å². The SMILES string of the molecule is O=C(Nc1ccc(OC(F)(F)F)cc1)c1cnc(N2CCC(CO)C2)c(-c2cccnc2)c1. The third kappa shape index (κ3) is 5.58. The Kier molecular flexibility index (Phi) is 6.45. The summed E-state index contributed by atoms with van der Waals surface area (Å²) in [6, 6.07) is 10.3. The number of benzene rings is 1. The molecule has 2 N–H and O–H groups in total. The highest BCUT2D eigenvalue weighted by molar-refractivity contribution is 6.05. The lowest BCUT2D eigenvalue weighted by Gasteiger charge is -2.21. The smallest absolute Gasteiger partial charge is 0.406 e. The molecule has 172 valence electrons. The summed E-state index contributed by atoms with van der Waals surface area (Å²) in [5, 5.41) is 12.1. The molecule has 0 bridgehead atoms. The number of anilines is 2. The summed E-state index contributed by atoms with van der Waals surface area (Å²) in [6.07, 6.45) is 0.852. The van der Waals surface area contributed by atoms with Gasteiger partial charge in [0.05, 0.1) is 5.56 Å². The number of halogens is 3. The van der Waals surface area contributed by atoms with Gasteiger partial charge in [0.25, 0.3) is 5.91 Å². The monoisotopic (exact) mass is 458 g/mol. The van der Waals surface area contributed by atoms with Crippen LogP contribution in [0.5, 0.6) is 5.75 Å². The lowest BCUT2D eigenvalue weighted by Crippen LogP contribution is -2.23. The zero-order chi connectivity index (χ0) is 23.4. The Balaban J connectivity index is 1.57. The van der Waals surface area contributed by atoms with Gasteiger partial charge in [-0.25, -0.2) is 4.98 Å². The number of nitrogens with zero attached hydrogens (tertiary/aromatic N) is 3. The Labute approximate surface area is 187 Å². The van der Waals surface area contributed by atoms with Gasteiger partial charge in [0.1, 0.15) is 11.6 Å². The van der Waals surface area contributed by atoms with E-state index in [1.165, 1.54) is 18.3 Å². The van der Waals surface area contributed by atoms with E-state index >= 15 is 0 Å². The fourth-order valence-corrected chi connectivity index (χ4v) is 3.69. The molecule has 33 heavy (non-hydrogen) atoms. The normalized spacial score (nSPS) is 16.0. The molecule has 1 aliphatic heterocycles. The molecule has 0 saturated carbocycles. The number of hydrogen-bond donors (Lipinski definition) is 2. The molecule has 2 aromatic heterocycles. The van der Waals surface area contributed by atoms with Crippen molar-refractivity contribution in [1.29, 1.82) is 0 Å². The van der Waals surface area contributed by atoms with Crippen LogP contribution in [0, 0.1) is 5.92 Å². The van der Waals surface area contributed by atoms with Crippen LogP contribution < -0.4 is 15.0 Å². The maximum Gasteiger partial charge on any atom is 0.573 e. The summed E-state index contributed by atoms with van der Waals surface area (Å²) in [5.41, 5.74) is 2.11. The van der Waals surface area contributed by atoms with Crippen LogP contribution in [0.4, 0.5) is 24.7 Å². The largest absolute Gasteiger partial charge is 0.573 e. The first-order valence-corrected chi connectivity index (χ1v) is 10.3. The molecule has 4 rings (SSSR count). The molecule has 1 unspecified atom stereocenters. The summed E-state index contributed by atoms with van der Waals surface area (Å²) < 4.78 is 40.8. The van der Waals surface area contributed by atoms with Gasteiger partial charge in [0.2, 0.25) is 0 Å². The molecule has 1 saturated heterocycles. The van der Waals surface area contributed by atoms with Crippen molar-refractivity contribution < 1.29 is 27.8 Å². The number of hydrogen-bond acceptors (Lipinski definition) is 6. The van der Waals surface area contributed by atoms with Crippen molar-refractivity contribution in [1.82, 2.24) is 9.97 Å². The standard InChI is InChI=1S/C23H21F3N4O3/c24-23(25,26)33-19-5-3-18(4-6-19)29-22(32)17-10-20(16-2-1-8-27-11-16)21(28-12-17)30-9-7-15(13-30)14-31/h1-6,8,10-12,15,31H,7,9,13-14H2,(H,29,32). The van der Waals surface area contributed by atoms with Crippen LogP contribution in [0.25, 0.3) is 11.1 Å². The van der Waals surface area contributed by atoms with Gasteiger partial charge in [-0.2, -0.15) is 0 Å². The Morgan fingerprint density at radius 2 is 2.00 bits per heavy atom. The first-order chi connectivity index (χ1) is 15.8. The number of pyridine rings is 2. The number of carbonyl (C=O) groups is 1. The first-order valence-electron chi connectivity index (χ1n) is 10.3. The fraction of sp³-hybridized carbons (Fsp3) is 0.261. The second-order valence-electron chi connectivity index (χ2n) is 7.65. The number of rotatable bonds is 6. The van der Waals surface area contributed by atoms with Crippen molar-refractivity contribution in [3.63, 3.8) is 0 Å². The predicted octanol–water partition coefficient (Wildman–Crippen LogP) is 4.11. The number of ether oxygens (including phenoxy) is 1. The van der Waals surface area contributed by atoms with Crippen molar-refractivity contribution in [2.24, 2.45) is 5.92 Å². The van der Waals surface area contributed by atoms with Gasteiger partial charge in [-0.15, -0.1) is 13.2 Å². The summed E-state index contributed by atoms with van der Waals surface area (Å²) >= 11 is 0. The highest BCUT2D eigenvalue weighted by Crippen LogP contribution is 2.33. The number of aliphatic hydroxyl groups is 1. The molecule has 10 heteroatoms. The molecule has 1 fully saturated rings. The molecule has 3 heterocycles. The third-order valence-corrected chi connectivity index (χ3v) is 5.29. The van der Waals surface area contributed by atoms with Gasteiger partial charge < -0.3 is 20.1 Å². The lowest BCUT2D eigenvalue weighted by atomic mass is 10.1. The molecule has 1 atom stereocenters. The molecule has 0 radical (unpaired) electrons. The van der Waals surface area contributed by atoms with Crippen LogP contribution in [0.1, 0.15) is 16.8 Å². The van der Waals surface area contributed by atoms with E-state index < -0.39 is 12.3 Å². The van der Waals surface area contributed by atoms with Crippen LogP contribution in [-0.4, -0.2) is 47.0 Å². The van der Waals surface area contributed by atoms with Gasteiger partial charge in [0.15, 0.2) is 0 Å². The van der Waals surface area contributed by atoms with Crippen LogP contribution in [-0.2, 0) is 0 Å². The zero-order valence-corrected chi connectivity index (χ0v) is 17.4. The Morgan fingerprint density at radius 1 is 1.21 bits per heavy atom. The number of carbonyl (C=O) groups excluding carboxylic acids is 1. The third-order valence-electron chi connectivity index (χ3n) is 5.29. The predicted molar refractivity (Wildman–Crippen MR) is 116 cm³/mol. The van der Waals surface area contributed by atoms with Crippen LogP contribution in [0.3, 0.4) is 0 Å². The molecule has 1 amide bonds. The number of amides is 1. The molecular formula is C23H21F3N4O3. The quantitative estimate of drug-likeness (QED) is 0.578. The van der Waals surface area contributed by atoms with Gasteiger partial charge in [-0.1, -0.05) is 6.07 Å². The van der Waals surface area contributed by atoms with Crippen molar-refractivity contribution >= 4 is 17.4 Å². The van der Waals surface area contributed by atoms with E-state index in [0.717, 1.165) is 36.2 Å². The minimum atomic E-state index is -4.78. The minimum Gasteiger partial charge on any atom is -0.406 e. The average Bonchev–Trinajstić information content (AvgIpc) is 3.29. The highest BCUT2D eigenvalue weighted by atomic mass is 19.4. The van der Waals surface area contributed by atoms with Crippen molar-refractivity contribution in [2.75, 3.05) is 29.9 Å². The Hall–Kier alpha value is -3.66. The van der Waals surface area contributed by atoms with E-state index in [1.54, 1.807) is 24.5 Å². The summed E-state index contributed by atoms with van der Waals surface area (Å²) in [7, 11) is 0. The van der Waals surface area contributed by atoms with Crippen molar-refractivity contribution in [3.05, 3.63) is 66.6 Å². The van der Waals surface area contributed by atoms with E-state index in [4.69, 9.17) is 0 Å². The molecule has 3 aromatic rings. The van der Waals surface area contributed by atoms with E-state index in [2.05, 4.69) is 24.9 Å².